The first kappa shape index (κ1) is 15.3. The lowest BCUT2D eigenvalue weighted by atomic mass is 10.1. The highest BCUT2D eigenvalue weighted by molar-refractivity contribution is 9.10. The smallest absolute Gasteiger partial charge is 0.243 e. The van der Waals surface area contributed by atoms with E-state index in [0.717, 1.165) is 6.42 Å². The Balaban J connectivity index is 2.34. The predicted octanol–water partition coefficient (Wildman–Crippen LogP) is 2.46. The maximum atomic E-state index is 12.6. The maximum absolute atomic E-state index is 12.6. The minimum Gasteiger partial charge on any atom is -0.330 e. The molecule has 0 spiro atoms. The Morgan fingerprint density at radius 2 is 2.21 bits per heavy atom. The molecule has 1 heterocycles. The first-order valence-corrected chi connectivity index (χ1v) is 8.64. The van der Waals surface area contributed by atoms with Crippen LogP contribution in [-0.2, 0) is 10.0 Å². The number of benzene rings is 1. The molecule has 19 heavy (non-hydrogen) atoms. The second-order valence-corrected chi connectivity index (χ2v) is 7.99. The van der Waals surface area contributed by atoms with Crippen LogP contribution in [0, 0.1) is 5.92 Å². The van der Waals surface area contributed by atoms with E-state index in [-0.39, 0.29) is 16.9 Å². The van der Waals surface area contributed by atoms with Gasteiger partial charge in [-0.2, -0.15) is 4.31 Å². The summed E-state index contributed by atoms with van der Waals surface area (Å²) in [5.41, 5.74) is 5.64. The van der Waals surface area contributed by atoms with Crippen LogP contribution in [0.1, 0.15) is 13.3 Å². The lowest BCUT2D eigenvalue weighted by molar-refractivity contribution is 0.404. The Morgan fingerprint density at radius 1 is 1.53 bits per heavy atom. The highest BCUT2D eigenvalue weighted by Crippen LogP contribution is 2.31. The first-order chi connectivity index (χ1) is 8.86. The molecule has 1 aliphatic rings. The van der Waals surface area contributed by atoms with Crippen LogP contribution in [0.5, 0.6) is 0 Å². The summed E-state index contributed by atoms with van der Waals surface area (Å²) in [6, 6.07) is 4.64. The van der Waals surface area contributed by atoms with Gasteiger partial charge in [-0.15, -0.1) is 0 Å². The SMILES string of the molecule is CC1CC(CN)CN1S(=O)(=O)c1ccc(Cl)c(Br)c1. The van der Waals surface area contributed by atoms with E-state index >= 15 is 0 Å². The van der Waals surface area contributed by atoms with Gasteiger partial charge in [0.2, 0.25) is 10.0 Å². The number of hydrogen-bond donors (Lipinski definition) is 1. The van der Waals surface area contributed by atoms with Crippen molar-refractivity contribution >= 4 is 37.6 Å². The van der Waals surface area contributed by atoms with Gasteiger partial charge in [0.1, 0.15) is 0 Å². The quantitative estimate of drug-likeness (QED) is 0.892. The molecule has 1 aromatic carbocycles. The first-order valence-electron chi connectivity index (χ1n) is 6.03. The van der Waals surface area contributed by atoms with Crippen molar-refractivity contribution in [1.29, 1.82) is 0 Å². The molecule has 2 N–H and O–H groups in total. The van der Waals surface area contributed by atoms with E-state index in [1.54, 1.807) is 12.1 Å². The Kier molecular flexibility index (Phi) is 4.57. The highest BCUT2D eigenvalue weighted by atomic mass is 79.9. The molecule has 0 amide bonds. The summed E-state index contributed by atoms with van der Waals surface area (Å²) in [5.74, 6) is 0.237. The van der Waals surface area contributed by atoms with Gasteiger partial charge in [-0.1, -0.05) is 11.6 Å². The molecule has 7 heteroatoms. The summed E-state index contributed by atoms with van der Waals surface area (Å²) >= 11 is 9.15. The van der Waals surface area contributed by atoms with Crippen LogP contribution >= 0.6 is 27.5 Å². The van der Waals surface area contributed by atoms with E-state index in [2.05, 4.69) is 15.9 Å². The molecule has 0 radical (unpaired) electrons. The fraction of sp³-hybridized carbons (Fsp3) is 0.500. The molecule has 1 saturated heterocycles. The van der Waals surface area contributed by atoms with E-state index in [9.17, 15) is 8.42 Å². The molecule has 1 aliphatic heterocycles. The minimum absolute atomic E-state index is 0.0204. The number of nitrogens with zero attached hydrogens (tertiary/aromatic N) is 1. The lowest BCUT2D eigenvalue weighted by Crippen LogP contribution is -2.34. The normalized spacial score (nSPS) is 24.8. The Hall–Kier alpha value is -0.140. The summed E-state index contributed by atoms with van der Waals surface area (Å²) in [4.78, 5) is 0.258. The van der Waals surface area contributed by atoms with E-state index in [1.165, 1.54) is 10.4 Å². The topological polar surface area (TPSA) is 63.4 Å². The van der Waals surface area contributed by atoms with E-state index < -0.39 is 10.0 Å². The molecule has 2 unspecified atom stereocenters. The minimum atomic E-state index is -3.48. The van der Waals surface area contributed by atoms with Gasteiger partial charge in [-0.3, -0.25) is 0 Å². The van der Waals surface area contributed by atoms with Crippen molar-refractivity contribution in [3.63, 3.8) is 0 Å². The largest absolute Gasteiger partial charge is 0.330 e. The van der Waals surface area contributed by atoms with Crippen LogP contribution in [0.25, 0.3) is 0 Å². The van der Waals surface area contributed by atoms with Gasteiger partial charge in [-0.05, 0) is 59.9 Å². The monoisotopic (exact) mass is 366 g/mol. The fourth-order valence-electron chi connectivity index (χ4n) is 2.39. The third-order valence-electron chi connectivity index (χ3n) is 3.44. The van der Waals surface area contributed by atoms with Gasteiger partial charge >= 0.3 is 0 Å². The van der Waals surface area contributed by atoms with Crippen molar-refractivity contribution in [2.75, 3.05) is 13.1 Å². The molecule has 0 aromatic heterocycles. The zero-order valence-corrected chi connectivity index (χ0v) is 13.7. The molecule has 0 aliphatic carbocycles. The summed E-state index contributed by atoms with van der Waals surface area (Å²) in [6.45, 7) is 2.92. The van der Waals surface area contributed by atoms with Crippen molar-refractivity contribution in [3.05, 3.63) is 27.7 Å². The van der Waals surface area contributed by atoms with E-state index in [4.69, 9.17) is 17.3 Å². The molecule has 106 valence electrons. The Labute approximate surface area is 127 Å². The van der Waals surface area contributed by atoms with Crippen molar-refractivity contribution in [2.45, 2.75) is 24.3 Å². The molecular formula is C12H16BrClN2O2S. The summed E-state index contributed by atoms with van der Waals surface area (Å²) in [6.07, 6.45) is 0.810. The van der Waals surface area contributed by atoms with Crippen LogP contribution in [0.2, 0.25) is 5.02 Å². The van der Waals surface area contributed by atoms with Crippen LogP contribution in [0.3, 0.4) is 0 Å². The van der Waals surface area contributed by atoms with Gasteiger partial charge in [0.25, 0.3) is 0 Å². The van der Waals surface area contributed by atoms with Crippen LogP contribution in [0.4, 0.5) is 0 Å². The molecule has 4 nitrogen and oxygen atoms in total. The van der Waals surface area contributed by atoms with E-state index in [0.29, 0.717) is 22.6 Å². The summed E-state index contributed by atoms with van der Waals surface area (Å²) < 4.78 is 27.3. The van der Waals surface area contributed by atoms with E-state index in [1.807, 2.05) is 6.92 Å². The van der Waals surface area contributed by atoms with Crippen LogP contribution < -0.4 is 5.73 Å². The zero-order valence-electron chi connectivity index (χ0n) is 10.5. The zero-order chi connectivity index (χ0) is 14.2. The summed E-state index contributed by atoms with van der Waals surface area (Å²) in [5, 5.41) is 0.494. The van der Waals surface area contributed by atoms with Gasteiger partial charge in [-0.25, -0.2) is 8.42 Å². The average Bonchev–Trinajstić information content (AvgIpc) is 2.74. The second-order valence-electron chi connectivity index (χ2n) is 4.84. The number of rotatable bonds is 3. The maximum Gasteiger partial charge on any atom is 0.243 e. The predicted molar refractivity (Wildman–Crippen MR) is 79.7 cm³/mol. The number of hydrogen-bond acceptors (Lipinski definition) is 3. The highest BCUT2D eigenvalue weighted by Gasteiger charge is 2.37. The van der Waals surface area contributed by atoms with Crippen molar-refractivity contribution in [3.8, 4) is 0 Å². The van der Waals surface area contributed by atoms with Gasteiger partial charge in [0, 0.05) is 17.1 Å². The second kappa shape index (κ2) is 5.69. The van der Waals surface area contributed by atoms with Gasteiger partial charge in [0.05, 0.1) is 9.92 Å². The molecule has 1 aromatic rings. The number of nitrogens with two attached hydrogens (primary N) is 1. The van der Waals surface area contributed by atoms with Crippen molar-refractivity contribution < 1.29 is 8.42 Å². The molecule has 2 atom stereocenters. The molecule has 0 saturated carbocycles. The van der Waals surface area contributed by atoms with Gasteiger partial charge < -0.3 is 5.73 Å². The van der Waals surface area contributed by atoms with Crippen molar-refractivity contribution in [2.24, 2.45) is 11.7 Å². The fourth-order valence-corrected chi connectivity index (χ4v) is 4.78. The molecule has 1 fully saturated rings. The molecule has 2 rings (SSSR count). The van der Waals surface area contributed by atoms with Crippen LogP contribution in [-0.4, -0.2) is 31.9 Å². The Bertz CT molecular complexity index is 579. The van der Waals surface area contributed by atoms with Crippen LogP contribution in [0.15, 0.2) is 27.6 Å². The van der Waals surface area contributed by atoms with Crippen molar-refractivity contribution in [1.82, 2.24) is 4.31 Å². The number of halogens is 2. The lowest BCUT2D eigenvalue weighted by Gasteiger charge is -2.21. The third-order valence-corrected chi connectivity index (χ3v) is 6.63. The van der Waals surface area contributed by atoms with Gasteiger partial charge in [0.15, 0.2) is 0 Å². The molecular weight excluding hydrogens is 352 g/mol. The summed E-state index contributed by atoms with van der Waals surface area (Å²) in [7, 11) is -3.48. The third kappa shape index (κ3) is 2.97. The molecule has 0 bridgehead atoms. The average molecular weight is 368 g/mol. The Morgan fingerprint density at radius 3 is 2.74 bits per heavy atom. The standard InChI is InChI=1S/C12H16BrClN2O2S/c1-8-4-9(6-15)7-16(8)19(17,18)10-2-3-12(14)11(13)5-10/h2-3,5,8-9H,4,6-7,15H2,1H3. The number of sulfonamides is 1.